The smallest absolute Gasteiger partial charge is 0.0384 e. The minimum Gasteiger partial charge on any atom is -0.356 e. The predicted molar refractivity (Wildman–Crippen MR) is 144 cm³/mol. The maximum Gasteiger partial charge on any atom is 0.0384 e. The zero-order valence-electron chi connectivity index (χ0n) is 20.0. The molecule has 0 atom stereocenters. The SMILES string of the molecule is CCCCc1ccc(-c2ccc(Nc3ccc(-c4ccc(CCCC)cc4)cc3)cc2)cc1. The molecular formula is C32H35N. The molecule has 0 bridgehead atoms. The lowest BCUT2D eigenvalue weighted by Gasteiger charge is -2.10. The van der Waals surface area contributed by atoms with E-state index in [4.69, 9.17) is 0 Å². The van der Waals surface area contributed by atoms with E-state index in [9.17, 15) is 0 Å². The van der Waals surface area contributed by atoms with Crippen LogP contribution in [0.4, 0.5) is 11.4 Å². The van der Waals surface area contributed by atoms with Gasteiger partial charge >= 0.3 is 0 Å². The van der Waals surface area contributed by atoms with E-state index in [-0.39, 0.29) is 0 Å². The molecule has 0 saturated carbocycles. The quantitative estimate of drug-likeness (QED) is 0.262. The van der Waals surface area contributed by atoms with Crippen molar-refractivity contribution in [2.24, 2.45) is 0 Å². The van der Waals surface area contributed by atoms with Gasteiger partial charge in [-0.05, 0) is 83.3 Å². The highest BCUT2D eigenvalue weighted by Gasteiger charge is 2.02. The minimum atomic E-state index is 1.10. The van der Waals surface area contributed by atoms with Gasteiger partial charge in [-0.2, -0.15) is 0 Å². The molecular weight excluding hydrogens is 398 g/mol. The first-order chi connectivity index (χ1) is 16.2. The summed E-state index contributed by atoms with van der Waals surface area (Å²) in [7, 11) is 0. The van der Waals surface area contributed by atoms with Gasteiger partial charge in [0.1, 0.15) is 0 Å². The lowest BCUT2D eigenvalue weighted by molar-refractivity contribution is 0.795. The van der Waals surface area contributed by atoms with Crippen LogP contribution < -0.4 is 5.32 Å². The number of rotatable bonds is 10. The highest BCUT2D eigenvalue weighted by Crippen LogP contribution is 2.26. The van der Waals surface area contributed by atoms with E-state index in [1.165, 1.54) is 71.9 Å². The molecule has 0 radical (unpaired) electrons. The normalized spacial score (nSPS) is 10.8. The number of hydrogen-bond donors (Lipinski definition) is 1. The van der Waals surface area contributed by atoms with Gasteiger partial charge in [0.05, 0.1) is 0 Å². The van der Waals surface area contributed by atoms with Gasteiger partial charge in [-0.1, -0.05) is 99.5 Å². The van der Waals surface area contributed by atoms with Crippen LogP contribution in [0.15, 0.2) is 97.1 Å². The maximum absolute atomic E-state index is 3.53. The van der Waals surface area contributed by atoms with Crippen LogP contribution in [0.2, 0.25) is 0 Å². The average molecular weight is 434 g/mol. The van der Waals surface area contributed by atoms with Gasteiger partial charge in [0, 0.05) is 11.4 Å². The number of anilines is 2. The van der Waals surface area contributed by atoms with Crippen LogP contribution in [0.1, 0.15) is 50.7 Å². The zero-order valence-corrected chi connectivity index (χ0v) is 20.0. The summed E-state index contributed by atoms with van der Waals surface area (Å²) < 4.78 is 0. The molecule has 0 spiro atoms. The molecule has 0 amide bonds. The summed E-state index contributed by atoms with van der Waals surface area (Å²) in [4.78, 5) is 0. The lowest BCUT2D eigenvalue weighted by atomic mass is 10.0. The van der Waals surface area contributed by atoms with Crippen molar-refractivity contribution in [1.82, 2.24) is 0 Å². The van der Waals surface area contributed by atoms with Gasteiger partial charge in [-0.3, -0.25) is 0 Å². The highest BCUT2D eigenvalue weighted by molar-refractivity contribution is 5.71. The van der Waals surface area contributed by atoms with Crippen molar-refractivity contribution in [2.45, 2.75) is 52.4 Å². The Kier molecular flexibility index (Phi) is 7.98. The standard InChI is InChI=1S/C32H35N/c1-3-5-7-25-9-13-27(14-10-25)29-17-21-31(22-18-29)33-32-23-19-30(20-24-32)28-15-11-26(12-16-28)8-6-4-2/h9-24,33H,3-8H2,1-2H3. The van der Waals surface area contributed by atoms with Gasteiger partial charge in [-0.15, -0.1) is 0 Å². The van der Waals surface area contributed by atoms with Crippen molar-refractivity contribution < 1.29 is 0 Å². The van der Waals surface area contributed by atoms with E-state index in [0.717, 1.165) is 11.4 Å². The second-order valence-corrected chi connectivity index (χ2v) is 8.88. The van der Waals surface area contributed by atoms with E-state index < -0.39 is 0 Å². The summed E-state index contributed by atoms with van der Waals surface area (Å²) in [5, 5.41) is 3.53. The van der Waals surface area contributed by atoms with Gasteiger partial charge in [0.15, 0.2) is 0 Å². The van der Waals surface area contributed by atoms with Crippen molar-refractivity contribution >= 4 is 11.4 Å². The second-order valence-electron chi connectivity index (χ2n) is 8.88. The third-order valence-electron chi connectivity index (χ3n) is 6.27. The van der Waals surface area contributed by atoms with Crippen molar-refractivity contribution in [2.75, 3.05) is 5.32 Å². The molecule has 0 heterocycles. The molecule has 0 fully saturated rings. The monoisotopic (exact) mass is 433 g/mol. The Balaban J connectivity index is 1.37. The number of hydrogen-bond acceptors (Lipinski definition) is 1. The molecule has 0 aliphatic heterocycles. The fraction of sp³-hybridized carbons (Fsp3) is 0.250. The molecule has 0 aromatic heterocycles. The molecule has 4 rings (SSSR count). The summed E-state index contributed by atoms with van der Waals surface area (Å²) in [6.45, 7) is 4.48. The molecule has 168 valence electrons. The van der Waals surface area contributed by atoms with E-state index in [1.54, 1.807) is 0 Å². The Labute approximate surface area is 199 Å². The Morgan fingerprint density at radius 2 is 0.727 bits per heavy atom. The molecule has 4 aromatic carbocycles. The van der Waals surface area contributed by atoms with Crippen molar-refractivity contribution in [3.63, 3.8) is 0 Å². The van der Waals surface area contributed by atoms with Crippen LogP contribution in [0.25, 0.3) is 22.3 Å². The molecule has 1 nitrogen and oxygen atoms in total. The number of unbranched alkanes of at least 4 members (excludes halogenated alkanes) is 2. The highest BCUT2D eigenvalue weighted by atomic mass is 14.9. The first-order valence-electron chi connectivity index (χ1n) is 12.4. The molecule has 33 heavy (non-hydrogen) atoms. The fourth-order valence-corrected chi connectivity index (χ4v) is 4.15. The summed E-state index contributed by atoms with van der Waals surface area (Å²) in [6, 6.07) is 35.4. The van der Waals surface area contributed by atoms with Crippen LogP contribution in [0.5, 0.6) is 0 Å². The van der Waals surface area contributed by atoms with Gasteiger partial charge in [0.2, 0.25) is 0 Å². The Morgan fingerprint density at radius 3 is 1.03 bits per heavy atom. The molecule has 0 saturated heterocycles. The molecule has 0 aliphatic carbocycles. The van der Waals surface area contributed by atoms with Crippen molar-refractivity contribution in [3.05, 3.63) is 108 Å². The Hall–Kier alpha value is -3.32. The van der Waals surface area contributed by atoms with Crippen LogP contribution in [0.3, 0.4) is 0 Å². The first kappa shape index (κ1) is 22.9. The Morgan fingerprint density at radius 1 is 0.424 bits per heavy atom. The topological polar surface area (TPSA) is 12.0 Å². The summed E-state index contributed by atoms with van der Waals surface area (Å²) in [5.41, 5.74) is 10.1. The van der Waals surface area contributed by atoms with E-state index >= 15 is 0 Å². The lowest BCUT2D eigenvalue weighted by Crippen LogP contribution is -1.91. The molecule has 0 unspecified atom stereocenters. The molecule has 0 aliphatic rings. The number of aryl methyl sites for hydroxylation is 2. The Bertz CT molecular complexity index is 1010. The fourth-order valence-electron chi connectivity index (χ4n) is 4.15. The van der Waals surface area contributed by atoms with Crippen LogP contribution in [0, 0.1) is 0 Å². The number of nitrogens with one attached hydrogen (secondary N) is 1. The zero-order chi connectivity index (χ0) is 22.9. The third kappa shape index (κ3) is 6.35. The van der Waals surface area contributed by atoms with Crippen LogP contribution >= 0.6 is 0 Å². The average Bonchev–Trinajstić information content (AvgIpc) is 2.88. The molecule has 1 N–H and O–H groups in total. The van der Waals surface area contributed by atoms with Crippen LogP contribution in [-0.2, 0) is 12.8 Å². The first-order valence-corrected chi connectivity index (χ1v) is 12.4. The summed E-state index contributed by atoms with van der Waals surface area (Å²) >= 11 is 0. The predicted octanol–water partition coefficient (Wildman–Crippen LogP) is 9.45. The number of benzene rings is 4. The van der Waals surface area contributed by atoms with E-state index in [2.05, 4.69) is 116 Å². The van der Waals surface area contributed by atoms with Gasteiger partial charge < -0.3 is 5.32 Å². The summed E-state index contributed by atoms with van der Waals surface area (Å²) in [5.74, 6) is 0. The van der Waals surface area contributed by atoms with Gasteiger partial charge in [0.25, 0.3) is 0 Å². The van der Waals surface area contributed by atoms with Crippen molar-refractivity contribution in [3.8, 4) is 22.3 Å². The second kappa shape index (κ2) is 11.5. The third-order valence-corrected chi connectivity index (χ3v) is 6.27. The largest absolute Gasteiger partial charge is 0.356 e. The molecule has 1 heteroatoms. The molecule has 4 aromatic rings. The van der Waals surface area contributed by atoms with Crippen molar-refractivity contribution in [1.29, 1.82) is 0 Å². The van der Waals surface area contributed by atoms with Gasteiger partial charge in [-0.25, -0.2) is 0 Å². The summed E-state index contributed by atoms with van der Waals surface area (Å²) in [6.07, 6.45) is 7.33. The minimum absolute atomic E-state index is 1.10. The van der Waals surface area contributed by atoms with E-state index in [0.29, 0.717) is 0 Å². The van der Waals surface area contributed by atoms with E-state index in [1.807, 2.05) is 0 Å². The maximum atomic E-state index is 3.53. The van der Waals surface area contributed by atoms with Crippen LogP contribution in [-0.4, -0.2) is 0 Å².